The van der Waals surface area contributed by atoms with Gasteiger partial charge >= 0.3 is 0 Å². The lowest BCUT2D eigenvalue weighted by Gasteiger charge is -2.16. The average molecular weight is 241 g/mol. The van der Waals surface area contributed by atoms with Gasteiger partial charge in [-0.1, -0.05) is 32.5 Å². The maximum absolute atomic E-state index is 8.41. The van der Waals surface area contributed by atoms with Gasteiger partial charge < -0.3 is 0 Å². The molecular formula is C9H15N5OS. The number of hydrogen-bond donors (Lipinski definition) is 2. The normalized spacial score (nSPS) is 12.1. The van der Waals surface area contributed by atoms with E-state index in [0.717, 1.165) is 6.34 Å². The van der Waals surface area contributed by atoms with Gasteiger partial charge in [0.25, 0.3) is 5.95 Å². The van der Waals surface area contributed by atoms with Gasteiger partial charge in [-0.05, 0) is 6.26 Å². The van der Waals surface area contributed by atoms with Gasteiger partial charge in [0.05, 0.1) is 0 Å². The number of nitrogens with zero attached hydrogens (tertiary/aromatic N) is 4. The average Bonchev–Trinajstić information content (AvgIpc) is 2.24. The Hall–Kier alpha value is -1.21. The zero-order valence-electron chi connectivity index (χ0n) is 9.72. The van der Waals surface area contributed by atoms with Crippen LogP contribution in [0.5, 0.6) is 0 Å². The molecule has 0 bridgehead atoms. The van der Waals surface area contributed by atoms with Gasteiger partial charge in [0.1, 0.15) is 12.2 Å². The van der Waals surface area contributed by atoms with Crippen molar-refractivity contribution in [2.24, 2.45) is 4.99 Å². The Morgan fingerprint density at radius 3 is 2.50 bits per heavy atom. The van der Waals surface area contributed by atoms with Crippen LogP contribution in [-0.2, 0) is 5.41 Å². The molecule has 0 fully saturated rings. The van der Waals surface area contributed by atoms with Crippen molar-refractivity contribution < 1.29 is 5.21 Å². The molecule has 0 spiro atoms. The molecule has 0 aromatic carbocycles. The summed E-state index contributed by atoms with van der Waals surface area (Å²) in [5.74, 6) is 0.961. The first-order valence-electron chi connectivity index (χ1n) is 4.70. The summed E-state index contributed by atoms with van der Waals surface area (Å²) in [7, 11) is 0. The number of aromatic nitrogens is 3. The molecule has 0 unspecified atom stereocenters. The van der Waals surface area contributed by atoms with Crippen molar-refractivity contribution >= 4 is 24.0 Å². The van der Waals surface area contributed by atoms with Crippen molar-refractivity contribution in [1.29, 1.82) is 0 Å². The summed E-state index contributed by atoms with van der Waals surface area (Å²) in [6, 6.07) is 0. The fraction of sp³-hybridized carbons (Fsp3) is 0.556. The second kappa shape index (κ2) is 5.22. The molecule has 7 heteroatoms. The zero-order valence-corrected chi connectivity index (χ0v) is 10.5. The van der Waals surface area contributed by atoms with Gasteiger partial charge in [0, 0.05) is 5.41 Å². The lowest BCUT2D eigenvalue weighted by Crippen LogP contribution is -2.17. The molecule has 6 nitrogen and oxygen atoms in total. The third-order valence-corrected chi connectivity index (χ3v) is 2.24. The summed E-state index contributed by atoms with van der Waals surface area (Å²) >= 11 is 1.43. The fourth-order valence-electron chi connectivity index (χ4n) is 0.917. The smallest absolute Gasteiger partial charge is 0.255 e. The first-order chi connectivity index (χ1) is 7.47. The Labute approximate surface area is 98.6 Å². The van der Waals surface area contributed by atoms with Crippen LogP contribution in [0.2, 0.25) is 0 Å². The number of aliphatic imine (C=N–C) groups is 1. The summed E-state index contributed by atoms with van der Waals surface area (Å²) in [6.45, 7) is 6.05. The Kier molecular flexibility index (Phi) is 4.19. The van der Waals surface area contributed by atoms with E-state index in [1.807, 2.05) is 32.5 Å². The van der Waals surface area contributed by atoms with Crippen molar-refractivity contribution in [3.05, 3.63) is 5.82 Å². The molecule has 0 atom stereocenters. The van der Waals surface area contributed by atoms with Crippen LogP contribution in [0, 0.1) is 0 Å². The number of rotatable bonds is 3. The Morgan fingerprint density at radius 2 is 2.00 bits per heavy atom. The van der Waals surface area contributed by atoms with Crippen LogP contribution in [0.15, 0.2) is 10.1 Å². The fourth-order valence-corrected chi connectivity index (χ4v) is 1.27. The van der Waals surface area contributed by atoms with E-state index in [2.05, 4.69) is 19.9 Å². The van der Waals surface area contributed by atoms with Crippen LogP contribution in [0.3, 0.4) is 0 Å². The molecule has 0 radical (unpaired) electrons. The first kappa shape index (κ1) is 12.9. The Balaban J connectivity index is 3.16. The van der Waals surface area contributed by atoms with Crippen molar-refractivity contribution in [3.63, 3.8) is 0 Å². The second-order valence-corrected chi connectivity index (χ2v) is 4.86. The molecule has 1 rings (SSSR count). The van der Waals surface area contributed by atoms with Crippen molar-refractivity contribution in [2.45, 2.75) is 31.3 Å². The zero-order chi connectivity index (χ0) is 12.2. The van der Waals surface area contributed by atoms with Crippen LogP contribution in [0.4, 0.5) is 5.95 Å². The van der Waals surface area contributed by atoms with E-state index >= 15 is 0 Å². The Morgan fingerprint density at radius 1 is 1.31 bits per heavy atom. The summed E-state index contributed by atoms with van der Waals surface area (Å²) in [4.78, 5) is 16.5. The molecule has 0 aliphatic carbocycles. The molecule has 1 aromatic heterocycles. The minimum Gasteiger partial charge on any atom is -0.290 e. The van der Waals surface area contributed by atoms with Crippen LogP contribution >= 0.6 is 11.8 Å². The molecule has 0 amide bonds. The minimum absolute atomic E-state index is 0.162. The van der Waals surface area contributed by atoms with Crippen LogP contribution in [0.25, 0.3) is 0 Å². The minimum atomic E-state index is -0.162. The van der Waals surface area contributed by atoms with Crippen molar-refractivity contribution in [3.8, 4) is 0 Å². The van der Waals surface area contributed by atoms with Gasteiger partial charge in [0.2, 0.25) is 0 Å². The number of hydrogen-bond acceptors (Lipinski definition) is 6. The van der Waals surface area contributed by atoms with E-state index in [-0.39, 0.29) is 11.4 Å². The highest BCUT2D eigenvalue weighted by molar-refractivity contribution is 7.98. The predicted octanol–water partition coefficient (Wildman–Crippen LogP) is 1.53. The highest BCUT2D eigenvalue weighted by atomic mass is 32.2. The first-order valence-corrected chi connectivity index (χ1v) is 5.92. The lowest BCUT2D eigenvalue weighted by atomic mass is 9.96. The second-order valence-electron chi connectivity index (χ2n) is 4.08. The third-order valence-electron chi connectivity index (χ3n) is 1.69. The number of thioether (sulfide) groups is 1. The largest absolute Gasteiger partial charge is 0.290 e. The van der Waals surface area contributed by atoms with E-state index in [1.54, 1.807) is 0 Å². The lowest BCUT2D eigenvalue weighted by molar-refractivity contribution is 0.240. The SMILES string of the molecule is CSc1nc(/N=C/NO)nc(C(C)(C)C)n1. The summed E-state index contributed by atoms with van der Waals surface area (Å²) in [5, 5.41) is 9.02. The van der Waals surface area contributed by atoms with Gasteiger partial charge in [-0.15, -0.1) is 0 Å². The monoisotopic (exact) mass is 241 g/mol. The van der Waals surface area contributed by atoms with Gasteiger partial charge in [0.15, 0.2) is 5.16 Å². The number of nitrogens with one attached hydrogen (secondary N) is 1. The standard InChI is InChI=1S/C9H15N5OS/c1-9(2,3)6-12-7(10-5-11-15)14-8(13-6)16-4/h5,15H,1-4H3,(H,10,11,12,13,14). The maximum atomic E-state index is 8.41. The maximum Gasteiger partial charge on any atom is 0.255 e. The molecule has 88 valence electrons. The highest BCUT2D eigenvalue weighted by Crippen LogP contribution is 2.22. The summed E-state index contributed by atoms with van der Waals surface area (Å²) in [5.41, 5.74) is 1.65. The molecule has 0 aliphatic heterocycles. The highest BCUT2D eigenvalue weighted by Gasteiger charge is 2.19. The molecule has 16 heavy (non-hydrogen) atoms. The molecule has 2 N–H and O–H groups in total. The van der Waals surface area contributed by atoms with Crippen molar-refractivity contribution in [1.82, 2.24) is 20.4 Å². The molecular weight excluding hydrogens is 226 g/mol. The molecule has 0 saturated carbocycles. The van der Waals surface area contributed by atoms with Gasteiger partial charge in [-0.2, -0.15) is 15.0 Å². The van der Waals surface area contributed by atoms with E-state index in [9.17, 15) is 0 Å². The molecule has 0 saturated heterocycles. The quantitative estimate of drug-likeness (QED) is 0.361. The Bertz CT molecular complexity index is 388. The van der Waals surface area contributed by atoms with E-state index in [0.29, 0.717) is 11.0 Å². The van der Waals surface area contributed by atoms with Crippen LogP contribution < -0.4 is 5.48 Å². The van der Waals surface area contributed by atoms with Crippen LogP contribution in [-0.4, -0.2) is 32.8 Å². The van der Waals surface area contributed by atoms with E-state index in [1.165, 1.54) is 11.8 Å². The van der Waals surface area contributed by atoms with E-state index in [4.69, 9.17) is 5.21 Å². The van der Waals surface area contributed by atoms with Crippen molar-refractivity contribution in [2.75, 3.05) is 6.26 Å². The van der Waals surface area contributed by atoms with Gasteiger partial charge in [-0.25, -0.2) is 4.98 Å². The summed E-state index contributed by atoms with van der Waals surface area (Å²) < 4.78 is 0. The summed E-state index contributed by atoms with van der Waals surface area (Å²) in [6.07, 6.45) is 3.01. The molecule has 1 aromatic rings. The van der Waals surface area contributed by atoms with E-state index < -0.39 is 0 Å². The number of hydroxylamine groups is 1. The predicted molar refractivity (Wildman–Crippen MR) is 63.4 cm³/mol. The van der Waals surface area contributed by atoms with Crippen LogP contribution in [0.1, 0.15) is 26.6 Å². The third kappa shape index (κ3) is 3.42. The topological polar surface area (TPSA) is 83.3 Å². The molecule has 1 heterocycles. The molecule has 0 aliphatic rings. The van der Waals surface area contributed by atoms with Gasteiger partial charge in [-0.3, -0.25) is 10.7 Å².